The van der Waals surface area contributed by atoms with Crippen molar-refractivity contribution in [1.82, 2.24) is 20.4 Å². The average Bonchev–Trinajstić information content (AvgIpc) is 3.18. The second-order valence-electron chi connectivity index (χ2n) is 8.53. The van der Waals surface area contributed by atoms with Crippen LogP contribution in [-0.2, 0) is 16.1 Å². The SMILES string of the molecule is CS[C@@]1(NC(=O)OCc2ccccc2)CC[C@H](c2nnc(N)o2)N(C(=O)OC(C)(C)C)C1. The average molecular weight is 464 g/mol. The van der Waals surface area contributed by atoms with Crippen molar-refractivity contribution >= 4 is 30.0 Å². The molecule has 0 unspecified atom stereocenters. The number of nitrogens with zero attached hydrogens (tertiary/aromatic N) is 3. The van der Waals surface area contributed by atoms with Gasteiger partial charge in [0.25, 0.3) is 0 Å². The number of carbonyl (C=O) groups excluding carboxylic acids is 2. The highest BCUT2D eigenvalue weighted by molar-refractivity contribution is 8.00. The number of piperidine rings is 1. The number of likely N-dealkylation sites (tertiary alicyclic amines) is 1. The zero-order chi connectivity index (χ0) is 23.4. The van der Waals surface area contributed by atoms with E-state index in [0.717, 1.165) is 5.56 Å². The van der Waals surface area contributed by atoms with Gasteiger partial charge in [-0.1, -0.05) is 35.4 Å². The van der Waals surface area contributed by atoms with E-state index in [1.807, 2.05) is 36.6 Å². The van der Waals surface area contributed by atoms with Crippen molar-refractivity contribution < 1.29 is 23.5 Å². The molecule has 1 aromatic heterocycles. The van der Waals surface area contributed by atoms with Crippen LogP contribution in [0.25, 0.3) is 0 Å². The van der Waals surface area contributed by atoms with Crippen molar-refractivity contribution in [1.29, 1.82) is 0 Å². The van der Waals surface area contributed by atoms with Gasteiger partial charge < -0.3 is 24.9 Å². The summed E-state index contributed by atoms with van der Waals surface area (Å²) >= 11 is 1.43. The Morgan fingerprint density at radius 1 is 1.31 bits per heavy atom. The van der Waals surface area contributed by atoms with E-state index >= 15 is 0 Å². The largest absolute Gasteiger partial charge is 0.445 e. The normalized spacial score (nSPS) is 21.1. The first-order valence-electron chi connectivity index (χ1n) is 10.2. The van der Waals surface area contributed by atoms with Crippen molar-refractivity contribution in [2.75, 3.05) is 18.5 Å². The van der Waals surface area contributed by atoms with Gasteiger partial charge in [-0.2, -0.15) is 0 Å². The summed E-state index contributed by atoms with van der Waals surface area (Å²) in [4.78, 5) is 26.3. The zero-order valence-corrected chi connectivity index (χ0v) is 19.5. The van der Waals surface area contributed by atoms with E-state index in [2.05, 4.69) is 15.5 Å². The Morgan fingerprint density at radius 3 is 2.62 bits per heavy atom. The molecule has 1 aliphatic heterocycles. The maximum absolute atomic E-state index is 13.0. The van der Waals surface area contributed by atoms with Crippen LogP contribution in [0.5, 0.6) is 0 Å². The van der Waals surface area contributed by atoms with Crippen molar-refractivity contribution in [3.63, 3.8) is 0 Å². The second kappa shape index (κ2) is 9.68. The minimum atomic E-state index is -0.771. The molecule has 1 aromatic carbocycles. The van der Waals surface area contributed by atoms with Gasteiger partial charge in [-0.3, -0.25) is 4.90 Å². The van der Waals surface area contributed by atoms with E-state index in [-0.39, 0.29) is 25.1 Å². The Balaban J connectivity index is 1.75. The Kier molecular flexibility index (Phi) is 7.17. The van der Waals surface area contributed by atoms with E-state index in [4.69, 9.17) is 19.6 Å². The van der Waals surface area contributed by atoms with Crippen LogP contribution in [0, 0.1) is 0 Å². The smallest absolute Gasteiger partial charge is 0.411 e. The first kappa shape index (κ1) is 23.7. The fraction of sp³-hybridized carbons (Fsp3) is 0.524. The Morgan fingerprint density at radius 2 is 2.03 bits per heavy atom. The third-order valence-electron chi connectivity index (χ3n) is 4.93. The molecule has 2 aromatic rings. The molecule has 0 bridgehead atoms. The van der Waals surface area contributed by atoms with Gasteiger partial charge in [-0.15, -0.1) is 16.9 Å². The molecule has 3 rings (SSSR count). The number of nitrogens with two attached hydrogens (primary N) is 1. The summed E-state index contributed by atoms with van der Waals surface area (Å²) in [6, 6.07) is 8.82. The molecule has 3 N–H and O–H groups in total. The summed E-state index contributed by atoms with van der Waals surface area (Å²) in [7, 11) is 0. The summed E-state index contributed by atoms with van der Waals surface area (Å²) in [6.07, 6.45) is 1.77. The highest BCUT2D eigenvalue weighted by Gasteiger charge is 2.46. The third-order valence-corrected chi connectivity index (χ3v) is 6.14. The quantitative estimate of drug-likeness (QED) is 0.637. The molecule has 174 valence electrons. The van der Waals surface area contributed by atoms with Crippen LogP contribution in [0.1, 0.15) is 51.1 Å². The molecule has 0 radical (unpaired) electrons. The monoisotopic (exact) mass is 463 g/mol. The molecule has 0 saturated carbocycles. The molecule has 1 fully saturated rings. The lowest BCUT2D eigenvalue weighted by molar-refractivity contribution is -0.000827. The minimum absolute atomic E-state index is 0.0755. The van der Waals surface area contributed by atoms with Crippen molar-refractivity contribution in [3.05, 3.63) is 41.8 Å². The zero-order valence-electron chi connectivity index (χ0n) is 18.7. The molecule has 1 saturated heterocycles. The van der Waals surface area contributed by atoms with Crippen LogP contribution < -0.4 is 11.1 Å². The lowest BCUT2D eigenvalue weighted by atomic mass is 9.97. The van der Waals surface area contributed by atoms with Crippen LogP contribution >= 0.6 is 11.8 Å². The van der Waals surface area contributed by atoms with Crippen LogP contribution in [0.2, 0.25) is 0 Å². The molecule has 0 spiro atoms. The van der Waals surface area contributed by atoms with Crippen LogP contribution in [0.4, 0.5) is 15.6 Å². The topological polar surface area (TPSA) is 133 Å². The summed E-state index contributed by atoms with van der Waals surface area (Å²) in [5.74, 6) is 0.231. The Hall–Kier alpha value is -2.95. The number of alkyl carbamates (subject to hydrolysis) is 1. The molecule has 10 nitrogen and oxygen atoms in total. The first-order valence-corrected chi connectivity index (χ1v) is 11.5. The molecular weight excluding hydrogens is 434 g/mol. The van der Waals surface area contributed by atoms with Crippen LogP contribution in [0.3, 0.4) is 0 Å². The Labute approximate surface area is 191 Å². The van der Waals surface area contributed by atoms with Gasteiger partial charge in [0, 0.05) is 0 Å². The number of hydrogen-bond donors (Lipinski definition) is 2. The number of amides is 2. The number of anilines is 1. The number of ether oxygens (including phenoxy) is 2. The van der Waals surface area contributed by atoms with Crippen molar-refractivity contribution in [2.45, 2.75) is 56.7 Å². The number of nitrogen functional groups attached to an aromatic ring is 1. The lowest BCUT2D eigenvalue weighted by Gasteiger charge is -2.45. The van der Waals surface area contributed by atoms with Gasteiger partial charge in [-0.05, 0) is 45.4 Å². The van der Waals surface area contributed by atoms with Gasteiger partial charge in [0.05, 0.1) is 6.54 Å². The van der Waals surface area contributed by atoms with E-state index in [1.165, 1.54) is 16.7 Å². The fourth-order valence-corrected chi connectivity index (χ4v) is 4.18. The molecule has 2 heterocycles. The molecule has 2 amide bonds. The van der Waals surface area contributed by atoms with E-state index < -0.39 is 28.7 Å². The standard InChI is InChI=1S/C21H29N5O5S/c1-20(2,3)31-19(28)26-13-21(32-4,11-10-15(26)16-24-25-17(22)30-16)23-18(27)29-12-14-8-6-5-7-9-14/h5-9,15H,10-13H2,1-4H3,(H2,22,25)(H,23,27)/t15-,21+/m1/s1. The van der Waals surface area contributed by atoms with Crippen molar-refractivity contribution in [3.8, 4) is 0 Å². The van der Waals surface area contributed by atoms with Gasteiger partial charge >= 0.3 is 18.2 Å². The molecule has 0 aliphatic carbocycles. The fourth-order valence-electron chi connectivity index (χ4n) is 3.41. The van der Waals surface area contributed by atoms with Gasteiger partial charge in [0.1, 0.15) is 23.1 Å². The molecular formula is C21H29N5O5S. The lowest BCUT2D eigenvalue weighted by Crippen LogP contribution is -2.59. The van der Waals surface area contributed by atoms with E-state index in [0.29, 0.717) is 12.8 Å². The number of rotatable bonds is 5. The number of aromatic nitrogens is 2. The summed E-state index contributed by atoms with van der Waals surface area (Å²) in [5.41, 5.74) is 5.77. The number of benzene rings is 1. The second-order valence-corrected chi connectivity index (χ2v) is 9.72. The summed E-state index contributed by atoms with van der Waals surface area (Å²) in [6.45, 7) is 5.67. The highest BCUT2D eigenvalue weighted by Crippen LogP contribution is 2.40. The molecule has 32 heavy (non-hydrogen) atoms. The predicted molar refractivity (Wildman–Crippen MR) is 120 cm³/mol. The number of thioether (sulfide) groups is 1. The first-order chi connectivity index (χ1) is 15.1. The van der Waals surface area contributed by atoms with Crippen LogP contribution in [-0.4, -0.2) is 50.6 Å². The number of hydrogen-bond acceptors (Lipinski definition) is 9. The molecule has 2 atom stereocenters. The van der Waals surface area contributed by atoms with Gasteiger partial charge in [-0.25, -0.2) is 9.59 Å². The summed E-state index contributed by atoms with van der Waals surface area (Å²) in [5, 5.41) is 10.6. The van der Waals surface area contributed by atoms with Gasteiger partial charge in [0.2, 0.25) is 5.89 Å². The summed E-state index contributed by atoms with van der Waals surface area (Å²) < 4.78 is 16.4. The predicted octanol–water partition coefficient (Wildman–Crippen LogP) is 3.71. The maximum atomic E-state index is 13.0. The van der Waals surface area contributed by atoms with Gasteiger partial charge in [0.15, 0.2) is 0 Å². The van der Waals surface area contributed by atoms with E-state index in [9.17, 15) is 9.59 Å². The highest BCUT2D eigenvalue weighted by atomic mass is 32.2. The third kappa shape index (κ3) is 6.06. The minimum Gasteiger partial charge on any atom is -0.445 e. The van der Waals surface area contributed by atoms with E-state index in [1.54, 1.807) is 20.8 Å². The maximum Gasteiger partial charge on any atom is 0.411 e. The van der Waals surface area contributed by atoms with Crippen LogP contribution in [0.15, 0.2) is 34.7 Å². The number of carbonyl (C=O) groups is 2. The molecule has 11 heteroatoms. The van der Waals surface area contributed by atoms with Crippen molar-refractivity contribution in [2.24, 2.45) is 0 Å². The number of nitrogens with one attached hydrogen (secondary N) is 1. The Bertz CT molecular complexity index is 932. The molecule has 1 aliphatic rings.